The molecule has 2 saturated heterocycles. The van der Waals surface area contributed by atoms with E-state index < -0.39 is 65.5 Å². The third-order valence-electron chi connectivity index (χ3n) is 4.95. The Morgan fingerprint density at radius 2 is 1.74 bits per heavy atom. The van der Waals surface area contributed by atoms with E-state index in [0.717, 1.165) is 28.8 Å². The van der Waals surface area contributed by atoms with Gasteiger partial charge in [0.2, 0.25) is 3.79 Å². The first-order valence-electron chi connectivity index (χ1n) is 9.05. The van der Waals surface area contributed by atoms with Crippen molar-refractivity contribution in [2.24, 2.45) is 0 Å². The average molecular weight is 635 g/mol. The Morgan fingerprint density at radius 3 is 2.26 bits per heavy atom. The fraction of sp³-hybridized carbons (Fsp3) is 0.471. The predicted molar refractivity (Wildman–Crippen MR) is 130 cm³/mol. The molecule has 3 atom stereocenters. The minimum absolute atomic E-state index is 0.0563. The van der Waals surface area contributed by atoms with Crippen molar-refractivity contribution >= 4 is 109 Å². The quantitative estimate of drug-likeness (QED) is 0.282. The van der Waals surface area contributed by atoms with E-state index >= 15 is 0 Å². The van der Waals surface area contributed by atoms with Crippen LogP contribution in [0.15, 0.2) is 17.0 Å². The zero-order valence-electron chi connectivity index (χ0n) is 17.0. The highest BCUT2D eigenvalue weighted by Crippen LogP contribution is 2.53. The highest BCUT2D eigenvalue weighted by atomic mass is 35.6. The number of β-lactam (4-membered cyclic amide) rings is 1. The normalized spacial score (nSPS) is 23.8. The molecule has 1 aromatic rings. The number of ether oxygens (including phenoxy) is 1. The van der Waals surface area contributed by atoms with E-state index in [2.05, 4.69) is 0 Å². The number of thioether (sulfide) groups is 1. The van der Waals surface area contributed by atoms with Crippen LogP contribution in [0.25, 0.3) is 0 Å². The van der Waals surface area contributed by atoms with Crippen molar-refractivity contribution in [2.75, 3.05) is 6.61 Å². The zero-order chi connectivity index (χ0) is 26.0. The SMILES string of the molecule is CC1(C)S[C@@H]2[C@H](N(C(=O)OCC(Cl)(Cl)Cl)S(=O)(=O)c3cc(Cl)c(Cl)cc3Cl)C(=O)N2[C@H]1C(=O)O. The van der Waals surface area contributed by atoms with E-state index in [-0.39, 0.29) is 19.4 Å². The maximum Gasteiger partial charge on any atom is 0.424 e. The first-order valence-corrected chi connectivity index (χ1v) is 13.6. The summed E-state index contributed by atoms with van der Waals surface area (Å²) >= 11 is 35.7. The number of nitrogens with zero attached hydrogens (tertiary/aromatic N) is 2. The number of sulfonamides is 1. The molecule has 2 fully saturated rings. The maximum absolute atomic E-state index is 13.6. The lowest BCUT2D eigenvalue weighted by atomic mass is 9.96. The molecule has 0 bridgehead atoms. The number of amides is 2. The Balaban J connectivity index is 2.10. The lowest BCUT2D eigenvalue weighted by Crippen LogP contribution is -2.72. The van der Waals surface area contributed by atoms with Gasteiger partial charge in [-0.3, -0.25) is 4.79 Å². The largest absolute Gasteiger partial charge is 0.480 e. The molecule has 9 nitrogen and oxygen atoms in total. The Morgan fingerprint density at radius 1 is 1.18 bits per heavy atom. The van der Waals surface area contributed by atoms with E-state index in [1.54, 1.807) is 13.8 Å². The summed E-state index contributed by atoms with van der Waals surface area (Å²) in [7, 11) is -4.90. The van der Waals surface area contributed by atoms with Crippen molar-refractivity contribution < 1.29 is 32.6 Å². The molecule has 188 valence electrons. The highest BCUT2D eigenvalue weighted by Gasteiger charge is 2.67. The van der Waals surface area contributed by atoms with Crippen molar-refractivity contribution in [1.82, 2.24) is 9.21 Å². The number of hydrogen-bond donors (Lipinski definition) is 1. The molecule has 0 aliphatic carbocycles. The van der Waals surface area contributed by atoms with Gasteiger partial charge in [0.1, 0.15) is 22.9 Å². The van der Waals surface area contributed by atoms with Gasteiger partial charge in [0.05, 0.1) is 15.1 Å². The van der Waals surface area contributed by atoms with Crippen molar-refractivity contribution in [3.63, 3.8) is 0 Å². The molecule has 3 rings (SSSR count). The fourth-order valence-electron chi connectivity index (χ4n) is 3.58. The van der Waals surface area contributed by atoms with Crippen LogP contribution in [0.2, 0.25) is 15.1 Å². The van der Waals surface area contributed by atoms with Gasteiger partial charge in [0.25, 0.3) is 15.9 Å². The highest BCUT2D eigenvalue weighted by molar-refractivity contribution is 8.01. The molecule has 2 amide bonds. The average Bonchev–Trinajstić information content (AvgIpc) is 2.93. The summed E-state index contributed by atoms with van der Waals surface area (Å²) in [5.41, 5.74) is 0. The lowest BCUT2D eigenvalue weighted by molar-refractivity contribution is -0.162. The van der Waals surface area contributed by atoms with E-state index in [1.165, 1.54) is 0 Å². The van der Waals surface area contributed by atoms with Gasteiger partial charge in [0, 0.05) is 4.75 Å². The number of carboxylic acid groups (broad SMARTS) is 1. The summed E-state index contributed by atoms with van der Waals surface area (Å²) in [6.07, 6.45) is -1.54. The molecule has 17 heteroatoms. The fourth-order valence-corrected chi connectivity index (χ4v) is 7.94. The zero-order valence-corrected chi connectivity index (χ0v) is 23.1. The second-order valence-corrected chi connectivity index (χ2v) is 15.0. The summed E-state index contributed by atoms with van der Waals surface area (Å²) in [5, 5.41) is 7.94. The van der Waals surface area contributed by atoms with E-state index in [9.17, 15) is 27.9 Å². The first-order chi connectivity index (χ1) is 15.4. The van der Waals surface area contributed by atoms with Crippen LogP contribution >= 0.6 is 81.4 Å². The van der Waals surface area contributed by atoms with Crippen LogP contribution in [0.5, 0.6) is 0 Å². The first kappa shape index (κ1) is 28.0. The van der Waals surface area contributed by atoms with Crippen LogP contribution in [0.1, 0.15) is 13.8 Å². The molecule has 0 radical (unpaired) electrons. The van der Waals surface area contributed by atoms with Crippen molar-refractivity contribution in [2.45, 2.75) is 44.7 Å². The van der Waals surface area contributed by atoms with Gasteiger partial charge in [-0.05, 0) is 26.0 Å². The summed E-state index contributed by atoms with van der Waals surface area (Å²) < 4.78 is 29.1. The Hall–Kier alpha value is -0.530. The molecule has 1 N–H and O–H groups in total. The van der Waals surface area contributed by atoms with Crippen molar-refractivity contribution in [3.05, 3.63) is 27.2 Å². The smallest absolute Gasteiger partial charge is 0.424 e. The second kappa shape index (κ2) is 9.41. The second-order valence-electron chi connectivity index (χ2n) is 7.71. The van der Waals surface area contributed by atoms with E-state index in [1.807, 2.05) is 0 Å². The molecule has 0 spiro atoms. The molecule has 2 heterocycles. The molecule has 34 heavy (non-hydrogen) atoms. The van der Waals surface area contributed by atoms with Gasteiger partial charge in [-0.2, -0.15) is 4.31 Å². The lowest BCUT2D eigenvalue weighted by Gasteiger charge is -2.46. The van der Waals surface area contributed by atoms with Crippen molar-refractivity contribution in [1.29, 1.82) is 0 Å². The van der Waals surface area contributed by atoms with Gasteiger partial charge in [-0.25, -0.2) is 18.0 Å². The third-order valence-corrected chi connectivity index (χ3v) is 9.77. The molecule has 1 aromatic carbocycles. The van der Waals surface area contributed by atoms with Crippen molar-refractivity contribution in [3.8, 4) is 0 Å². The molecule has 2 aliphatic heterocycles. The molecule has 0 saturated carbocycles. The summed E-state index contributed by atoms with van der Waals surface area (Å²) in [4.78, 5) is 38.2. The minimum atomic E-state index is -4.90. The Kier molecular flexibility index (Phi) is 7.76. The number of carbonyl (C=O) groups is 3. The van der Waals surface area contributed by atoms with Gasteiger partial charge in [-0.15, -0.1) is 11.8 Å². The number of rotatable bonds is 5. The van der Waals surface area contributed by atoms with Gasteiger partial charge in [-0.1, -0.05) is 69.6 Å². The molecule has 0 unspecified atom stereocenters. The summed E-state index contributed by atoms with van der Waals surface area (Å²) in [6.45, 7) is 2.31. The van der Waals surface area contributed by atoms with E-state index in [0.29, 0.717) is 0 Å². The van der Waals surface area contributed by atoms with Crippen LogP contribution < -0.4 is 0 Å². The topological polar surface area (TPSA) is 121 Å². The van der Waals surface area contributed by atoms with Crippen LogP contribution in [-0.2, 0) is 24.3 Å². The number of halogens is 6. The van der Waals surface area contributed by atoms with Crippen LogP contribution in [0.4, 0.5) is 4.79 Å². The monoisotopic (exact) mass is 632 g/mol. The van der Waals surface area contributed by atoms with Gasteiger partial charge >= 0.3 is 12.1 Å². The predicted octanol–water partition coefficient (Wildman–Crippen LogP) is 4.66. The molecular formula is C17H14Cl6N2O7S2. The standard InChI is InChI=1S/C17H14Cl6N2O7S2/c1-16(2)11(14(27)28)24-12(26)10(13(24)33-16)25(15(29)32-5-17(21,22)23)34(30,31)9-4-7(19)6(18)3-8(9)20/h3-4,10-11,13H,5H2,1-2H3,(H,27,28)/t10-,11+,13-/m1/s1. The van der Waals surface area contributed by atoms with Crippen LogP contribution in [0, 0.1) is 0 Å². The Bertz CT molecular complexity index is 1170. The third kappa shape index (κ3) is 5.00. The minimum Gasteiger partial charge on any atom is -0.480 e. The van der Waals surface area contributed by atoms with Crippen LogP contribution in [-0.4, -0.2) is 73.3 Å². The number of alkyl halides is 3. The van der Waals surface area contributed by atoms with Gasteiger partial charge < -0.3 is 14.7 Å². The molecule has 2 aliphatic rings. The summed E-state index contributed by atoms with van der Waals surface area (Å²) in [6, 6.07) is -0.969. The number of benzene rings is 1. The summed E-state index contributed by atoms with van der Waals surface area (Å²) in [5.74, 6) is -2.21. The maximum atomic E-state index is 13.6. The van der Waals surface area contributed by atoms with Crippen LogP contribution in [0.3, 0.4) is 0 Å². The molecule has 0 aromatic heterocycles. The number of carbonyl (C=O) groups excluding carboxylic acids is 2. The van der Waals surface area contributed by atoms with E-state index in [4.69, 9.17) is 74.3 Å². The Labute approximate surface area is 228 Å². The number of carboxylic acids is 1. The number of hydrogen-bond acceptors (Lipinski definition) is 7. The van der Waals surface area contributed by atoms with Gasteiger partial charge in [0.15, 0.2) is 6.04 Å². The number of fused-ring (bicyclic) bond motifs is 1. The molecular weight excluding hydrogens is 621 g/mol. The number of aliphatic carboxylic acids is 1.